The van der Waals surface area contributed by atoms with Crippen molar-refractivity contribution in [3.63, 3.8) is 0 Å². The second-order valence-corrected chi connectivity index (χ2v) is 10.2. The largest absolute Gasteiger partial charge is 0.389 e. The standard InChI is InChI=1S/C19H35F3N2O4S/c1-3-11-18(12-4-2,17(25)23-26)29(27,28)24-14-9-16(10-15-24)8-6-5-7-13-19(20,21)22/h16,26H,3-15H2,1-2H3,(H,23,25). The summed E-state index contributed by atoms with van der Waals surface area (Å²) in [4.78, 5) is 12.4. The van der Waals surface area contributed by atoms with Gasteiger partial charge in [0.25, 0.3) is 5.91 Å². The molecule has 0 saturated carbocycles. The van der Waals surface area contributed by atoms with Crippen molar-refractivity contribution in [1.82, 2.24) is 9.79 Å². The first-order chi connectivity index (χ1) is 13.5. The molecule has 29 heavy (non-hydrogen) atoms. The third-order valence-electron chi connectivity index (χ3n) is 5.80. The number of hydrogen-bond acceptors (Lipinski definition) is 4. The topological polar surface area (TPSA) is 86.7 Å². The van der Waals surface area contributed by atoms with E-state index < -0.39 is 33.3 Å². The number of amides is 1. The zero-order chi connectivity index (χ0) is 22.1. The Morgan fingerprint density at radius 3 is 2.03 bits per heavy atom. The molecule has 0 spiro atoms. The number of rotatable bonds is 12. The SMILES string of the molecule is CCCC(CCC)(C(=O)NO)S(=O)(=O)N1CCC(CCCCCC(F)(F)F)CC1. The van der Waals surface area contributed by atoms with Crippen LogP contribution in [0.3, 0.4) is 0 Å². The average Bonchev–Trinajstić information content (AvgIpc) is 2.66. The average molecular weight is 445 g/mol. The molecule has 10 heteroatoms. The Kier molecular flexibility index (Phi) is 10.4. The van der Waals surface area contributed by atoms with Crippen LogP contribution in [0.1, 0.15) is 84.5 Å². The molecule has 2 N–H and O–H groups in total. The Balaban J connectivity index is 2.67. The lowest BCUT2D eigenvalue weighted by atomic mass is 9.92. The lowest BCUT2D eigenvalue weighted by Gasteiger charge is -2.39. The van der Waals surface area contributed by atoms with Crippen molar-refractivity contribution in [3.8, 4) is 0 Å². The van der Waals surface area contributed by atoms with Gasteiger partial charge in [0, 0.05) is 19.5 Å². The number of carbonyl (C=O) groups is 1. The van der Waals surface area contributed by atoms with Crippen LogP contribution >= 0.6 is 0 Å². The molecular weight excluding hydrogens is 409 g/mol. The summed E-state index contributed by atoms with van der Waals surface area (Å²) in [7, 11) is -3.95. The van der Waals surface area contributed by atoms with Crippen molar-refractivity contribution in [1.29, 1.82) is 0 Å². The first-order valence-electron chi connectivity index (χ1n) is 10.5. The predicted molar refractivity (Wildman–Crippen MR) is 105 cm³/mol. The number of piperidine rings is 1. The summed E-state index contributed by atoms with van der Waals surface area (Å²) in [5.74, 6) is -0.598. The van der Waals surface area contributed by atoms with Gasteiger partial charge in [-0.2, -0.15) is 13.2 Å². The van der Waals surface area contributed by atoms with E-state index >= 15 is 0 Å². The van der Waals surface area contributed by atoms with Gasteiger partial charge in [0.15, 0.2) is 4.75 Å². The van der Waals surface area contributed by atoms with Crippen molar-refractivity contribution in [2.24, 2.45) is 5.92 Å². The molecule has 6 nitrogen and oxygen atoms in total. The van der Waals surface area contributed by atoms with E-state index in [9.17, 15) is 26.4 Å². The van der Waals surface area contributed by atoms with Crippen molar-refractivity contribution in [3.05, 3.63) is 0 Å². The van der Waals surface area contributed by atoms with E-state index in [1.807, 2.05) is 0 Å². The van der Waals surface area contributed by atoms with Crippen LogP contribution in [0, 0.1) is 5.92 Å². The summed E-state index contributed by atoms with van der Waals surface area (Å²) >= 11 is 0. The molecule has 1 rings (SSSR count). The molecule has 1 aliphatic rings. The van der Waals surface area contributed by atoms with Crippen LogP contribution in [0.15, 0.2) is 0 Å². The Morgan fingerprint density at radius 1 is 1.03 bits per heavy atom. The number of nitrogens with one attached hydrogen (secondary N) is 1. The summed E-state index contributed by atoms with van der Waals surface area (Å²) in [6.45, 7) is 4.19. The van der Waals surface area contributed by atoms with Crippen molar-refractivity contribution >= 4 is 15.9 Å². The number of sulfonamides is 1. The van der Waals surface area contributed by atoms with Crippen LogP contribution in [0.2, 0.25) is 0 Å². The fourth-order valence-corrected chi connectivity index (χ4v) is 6.65. The van der Waals surface area contributed by atoms with Gasteiger partial charge in [0.05, 0.1) is 0 Å². The zero-order valence-electron chi connectivity index (χ0n) is 17.4. The molecule has 0 aromatic rings. The third-order valence-corrected chi connectivity index (χ3v) is 8.43. The minimum Gasteiger partial charge on any atom is -0.289 e. The van der Waals surface area contributed by atoms with Crippen LogP contribution in [0.4, 0.5) is 13.2 Å². The van der Waals surface area contributed by atoms with Gasteiger partial charge in [-0.3, -0.25) is 10.0 Å². The third kappa shape index (κ3) is 7.10. The van der Waals surface area contributed by atoms with Gasteiger partial charge >= 0.3 is 6.18 Å². The summed E-state index contributed by atoms with van der Waals surface area (Å²) in [6, 6.07) is 0. The number of unbranched alkanes of at least 4 members (excludes halogenated alkanes) is 2. The molecule has 0 aromatic carbocycles. The molecule has 172 valence electrons. The molecule has 1 heterocycles. The maximum absolute atomic E-state index is 13.3. The number of halogens is 3. The summed E-state index contributed by atoms with van der Waals surface area (Å²) in [5, 5.41) is 9.17. The second kappa shape index (κ2) is 11.5. The van der Waals surface area contributed by atoms with Crippen LogP contribution in [-0.2, 0) is 14.8 Å². The summed E-state index contributed by atoms with van der Waals surface area (Å²) < 4.78 is 62.9. The Bertz CT molecular complexity index is 597. The van der Waals surface area contributed by atoms with E-state index in [4.69, 9.17) is 5.21 Å². The lowest BCUT2D eigenvalue weighted by molar-refractivity contribution is -0.135. The van der Waals surface area contributed by atoms with Gasteiger partial charge in [0.1, 0.15) is 0 Å². The monoisotopic (exact) mass is 444 g/mol. The quantitative estimate of drug-likeness (QED) is 0.266. The second-order valence-electron chi connectivity index (χ2n) is 8.00. The summed E-state index contributed by atoms with van der Waals surface area (Å²) in [6.07, 6.45) is -0.216. The van der Waals surface area contributed by atoms with E-state index in [1.165, 1.54) is 4.31 Å². The van der Waals surface area contributed by atoms with Gasteiger partial charge in [-0.15, -0.1) is 0 Å². The van der Waals surface area contributed by atoms with Gasteiger partial charge in [-0.05, 0) is 38.0 Å². The predicted octanol–water partition coefficient (Wildman–Crippen LogP) is 4.39. The fraction of sp³-hybridized carbons (Fsp3) is 0.947. The minimum absolute atomic E-state index is 0.129. The molecule has 1 saturated heterocycles. The molecule has 0 atom stereocenters. The highest BCUT2D eigenvalue weighted by Crippen LogP contribution is 2.35. The number of alkyl halides is 3. The Hall–Kier alpha value is -0.870. The van der Waals surface area contributed by atoms with Crippen molar-refractivity contribution in [2.45, 2.75) is 95.4 Å². The molecule has 0 bridgehead atoms. The van der Waals surface area contributed by atoms with Crippen LogP contribution < -0.4 is 5.48 Å². The van der Waals surface area contributed by atoms with E-state index in [2.05, 4.69) is 0 Å². The molecular formula is C19H35F3N2O4S. The van der Waals surface area contributed by atoms with E-state index in [1.54, 1.807) is 19.3 Å². The van der Waals surface area contributed by atoms with Gasteiger partial charge < -0.3 is 0 Å². The molecule has 1 amide bonds. The van der Waals surface area contributed by atoms with Crippen molar-refractivity contribution in [2.75, 3.05) is 13.1 Å². The molecule has 0 aliphatic carbocycles. The van der Waals surface area contributed by atoms with Gasteiger partial charge in [-0.1, -0.05) is 46.0 Å². The highest BCUT2D eigenvalue weighted by atomic mass is 32.2. The van der Waals surface area contributed by atoms with E-state index in [0.29, 0.717) is 51.6 Å². The lowest BCUT2D eigenvalue weighted by Crippen LogP contribution is -2.58. The Labute approximate surface area is 172 Å². The maximum Gasteiger partial charge on any atom is 0.389 e. The smallest absolute Gasteiger partial charge is 0.289 e. The van der Waals surface area contributed by atoms with Crippen LogP contribution in [0.5, 0.6) is 0 Å². The Morgan fingerprint density at radius 2 is 1.59 bits per heavy atom. The zero-order valence-corrected chi connectivity index (χ0v) is 18.2. The summed E-state index contributed by atoms with van der Waals surface area (Å²) in [5.41, 5.74) is 1.56. The van der Waals surface area contributed by atoms with Crippen LogP contribution in [0.25, 0.3) is 0 Å². The van der Waals surface area contributed by atoms with E-state index in [-0.39, 0.29) is 25.2 Å². The van der Waals surface area contributed by atoms with Gasteiger partial charge in [0.2, 0.25) is 10.0 Å². The highest BCUT2D eigenvalue weighted by molar-refractivity contribution is 7.91. The molecule has 1 aliphatic heterocycles. The number of hydroxylamine groups is 1. The number of hydrogen-bond donors (Lipinski definition) is 2. The normalized spacial score (nSPS) is 17.4. The number of carbonyl (C=O) groups excluding carboxylic acids is 1. The molecule has 0 aromatic heterocycles. The molecule has 0 unspecified atom stereocenters. The molecule has 0 radical (unpaired) electrons. The highest BCUT2D eigenvalue weighted by Gasteiger charge is 2.52. The van der Waals surface area contributed by atoms with Gasteiger partial charge in [-0.25, -0.2) is 18.2 Å². The minimum atomic E-state index is -4.11. The first-order valence-corrected chi connectivity index (χ1v) is 12.0. The number of nitrogens with zero attached hydrogens (tertiary/aromatic N) is 1. The molecule has 1 fully saturated rings. The fourth-order valence-electron chi connectivity index (χ4n) is 4.26. The van der Waals surface area contributed by atoms with Crippen molar-refractivity contribution < 1.29 is 31.6 Å². The first kappa shape index (κ1) is 26.2. The maximum atomic E-state index is 13.3. The van der Waals surface area contributed by atoms with Crippen LogP contribution in [-0.4, -0.2) is 47.9 Å². The van der Waals surface area contributed by atoms with E-state index in [0.717, 1.165) is 6.42 Å².